The van der Waals surface area contributed by atoms with Crippen molar-refractivity contribution < 1.29 is 14.6 Å². The first-order valence-corrected chi connectivity index (χ1v) is 4.82. The van der Waals surface area contributed by atoms with Crippen LogP contribution in [-0.2, 0) is 4.79 Å². The van der Waals surface area contributed by atoms with Crippen LogP contribution in [0.15, 0.2) is 18.2 Å². The second kappa shape index (κ2) is 3.90. The Labute approximate surface area is 88.1 Å². The lowest BCUT2D eigenvalue weighted by atomic mass is 10.2. The molecule has 4 nitrogen and oxygen atoms in total. The van der Waals surface area contributed by atoms with Crippen LogP contribution in [-0.4, -0.2) is 30.3 Å². The minimum Gasteiger partial charge on any atom is -0.490 e. The summed E-state index contributed by atoms with van der Waals surface area (Å²) in [5, 5.41) is 9.26. The van der Waals surface area contributed by atoms with Gasteiger partial charge in [-0.1, -0.05) is 6.07 Å². The molecule has 1 radical (unpaired) electrons. The predicted molar refractivity (Wildman–Crippen MR) is 54.8 cm³/mol. The number of amides is 1. The van der Waals surface area contributed by atoms with Crippen LogP contribution in [0.2, 0.25) is 0 Å². The Hall–Kier alpha value is -1.55. The third-order valence-electron chi connectivity index (χ3n) is 2.29. The standard InChI is InChI=1S/C11H12NO3/c1-8(13)11(14)12-6-7-15-10-5-3-2-4-9(10)12/h3-5,8,13H,6-7H2,1H3. The molecule has 1 aromatic carbocycles. The Balaban J connectivity index is 2.34. The van der Waals surface area contributed by atoms with Gasteiger partial charge in [0.15, 0.2) is 0 Å². The fraction of sp³-hybridized carbons (Fsp3) is 0.364. The van der Waals surface area contributed by atoms with Gasteiger partial charge in [0.25, 0.3) is 5.91 Å². The van der Waals surface area contributed by atoms with Crippen molar-refractivity contribution in [1.29, 1.82) is 0 Å². The Kier molecular flexibility index (Phi) is 2.60. The fourth-order valence-corrected chi connectivity index (χ4v) is 1.56. The molecule has 1 atom stereocenters. The topological polar surface area (TPSA) is 49.8 Å². The molecule has 1 amide bonds. The Bertz CT molecular complexity index is 376. The smallest absolute Gasteiger partial charge is 0.255 e. The maximum absolute atomic E-state index is 11.7. The first-order valence-electron chi connectivity index (χ1n) is 4.82. The van der Waals surface area contributed by atoms with Gasteiger partial charge in [0.05, 0.1) is 12.2 Å². The molecule has 1 N–H and O–H groups in total. The van der Waals surface area contributed by atoms with Crippen molar-refractivity contribution in [2.75, 3.05) is 18.1 Å². The molecule has 79 valence electrons. The Morgan fingerprint density at radius 2 is 2.53 bits per heavy atom. The highest BCUT2D eigenvalue weighted by Crippen LogP contribution is 2.30. The summed E-state index contributed by atoms with van der Waals surface area (Å²) in [4.78, 5) is 13.2. The summed E-state index contributed by atoms with van der Waals surface area (Å²) in [6, 6.07) is 8.07. The van der Waals surface area contributed by atoms with Crippen LogP contribution in [0.3, 0.4) is 0 Å². The van der Waals surface area contributed by atoms with Gasteiger partial charge in [-0.2, -0.15) is 0 Å². The SMILES string of the molecule is CC(O)C(=O)N1CCOc2cc[c]cc21. The van der Waals surface area contributed by atoms with Crippen LogP contribution >= 0.6 is 0 Å². The zero-order valence-electron chi connectivity index (χ0n) is 8.43. The maximum atomic E-state index is 11.7. The summed E-state index contributed by atoms with van der Waals surface area (Å²) in [6.45, 7) is 2.38. The lowest BCUT2D eigenvalue weighted by Gasteiger charge is -2.30. The molecule has 0 aromatic heterocycles. The molecule has 2 rings (SSSR count). The van der Waals surface area contributed by atoms with Crippen LogP contribution in [0.25, 0.3) is 0 Å². The molecule has 1 heterocycles. The second-order valence-electron chi connectivity index (χ2n) is 3.41. The monoisotopic (exact) mass is 206 g/mol. The van der Waals surface area contributed by atoms with E-state index in [1.54, 1.807) is 18.2 Å². The number of ether oxygens (including phenoxy) is 1. The minimum absolute atomic E-state index is 0.306. The summed E-state index contributed by atoms with van der Waals surface area (Å²) >= 11 is 0. The van der Waals surface area contributed by atoms with Gasteiger partial charge in [0, 0.05) is 0 Å². The van der Waals surface area contributed by atoms with Crippen molar-refractivity contribution in [2.45, 2.75) is 13.0 Å². The van der Waals surface area contributed by atoms with E-state index in [4.69, 9.17) is 4.74 Å². The Morgan fingerprint density at radius 1 is 1.73 bits per heavy atom. The molecule has 0 saturated heterocycles. The number of aliphatic hydroxyl groups excluding tert-OH is 1. The largest absolute Gasteiger partial charge is 0.490 e. The number of aliphatic hydroxyl groups is 1. The molecule has 1 aliphatic heterocycles. The first kappa shape index (κ1) is 9.98. The molecule has 1 aliphatic rings. The number of carbonyl (C=O) groups is 1. The molecule has 1 aromatic rings. The van der Waals surface area contributed by atoms with Crippen LogP contribution in [0, 0.1) is 6.07 Å². The van der Waals surface area contributed by atoms with Gasteiger partial charge >= 0.3 is 0 Å². The number of nitrogens with zero attached hydrogens (tertiary/aromatic N) is 1. The lowest BCUT2D eigenvalue weighted by Crippen LogP contribution is -2.42. The molecule has 15 heavy (non-hydrogen) atoms. The molecule has 0 bridgehead atoms. The van der Waals surface area contributed by atoms with Crippen LogP contribution < -0.4 is 9.64 Å². The summed E-state index contributed by atoms with van der Waals surface area (Å²) in [7, 11) is 0. The molecule has 0 spiro atoms. The maximum Gasteiger partial charge on any atom is 0.255 e. The highest BCUT2D eigenvalue weighted by Gasteiger charge is 2.25. The van der Waals surface area contributed by atoms with Crippen molar-refractivity contribution in [3.63, 3.8) is 0 Å². The normalized spacial score (nSPS) is 16.5. The predicted octanol–water partition coefficient (Wildman–Crippen LogP) is 0.593. The first-order chi connectivity index (χ1) is 7.20. The molecule has 0 saturated carbocycles. The number of carbonyl (C=O) groups excluding carboxylic acids is 1. The van der Waals surface area contributed by atoms with E-state index in [1.807, 2.05) is 0 Å². The highest BCUT2D eigenvalue weighted by molar-refractivity contribution is 5.97. The van der Waals surface area contributed by atoms with Crippen LogP contribution in [0.1, 0.15) is 6.92 Å². The molecular formula is C11H12NO3. The number of rotatable bonds is 1. The van der Waals surface area contributed by atoms with Crippen molar-refractivity contribution in [3.8, 4) is 5.75 Å². The van der Waals surface area contributed by atoms with Gasteiger partial charge in [-0.25, -0.2) is 0 Å². The zero-order chi connectivity index (χ0) is 10.8. The Morgan fingerprint density at radius 3 is 3.27 bits per heavy atom. The van der Waals surface area contributed by atoms with E-state index in [-0.39, 0.29) is 5.91 Å². The fourth-order valence-electron chi connectivity index (χ4n) is 1.56. The van der Waals surface area contributed by atoms with Gasteiger partial charge in [0.1, 0.15) is 18.5 Å². The summed E-state index contributed by atoms with van der Waals surface area (Å²) < 4.78 is 5.39. The van der Waals surface area contributed by atoms with Crippen molar-refractivity contribution >= 4 is 11.6 Å². The number of fused-ring (bicyclic) bond motifs is 1. The zero-order valence-corrected chi connectivity index (χ0v) is 8.43. The second-order valence-corrected chi connectivity index (χ2v) is 3.41. The van der Waals surface area contributed by atoms with E-state index in [1.165, 1.54) is 11.8 Å². The third-order valence-corrected chi connectivity index (χ3v) is 2.29. The third kappa shape index (κ3) is 1.80. The van der Waals surface area contributed by atoms with E-state index in [9.17, 15) is 9.90 Å². The number of benzene rings is 1. The summed E-state index contributed by atoms with van der Waals surface area (Å²) in [5.41, 5.74) is 0.676. The van der Waals surface area contributed by atoms with E-state index in [0.717, 1.165) is 0 Å². The number of hydrogen-bond acceptors (Lipinski definition) is 3. The van der Waals surface area contributed by atoms with E-state index in [0.29, 0.717) is 24.6 Å². The summed E-state index contributed by atoms with van der Waals surface area (Å²) in [5.74, 6) is 0.355. The minimum atomic E-state index is -0.990. The average molecular weight is 206 g/mol. The highest BCUT2D eigenvalue weighted by atomic mass is 16.5. The van der Waals surface area contributed by atoms with Gasteiger partial charge < -0.3 is 14.7 Å². The van der Waals surface area contributed by atoms with E-state index in [2.05, 4.69) is 6.07 Å². The summed E-state index contributed by atoms with van der Waals surface area (Å²) in [6.07, 6.45) is -0.990. The number of anilines is 1. The van der Waals surface area contributed by atoms with Gasteiger partial charge in [-0.05, 0) is 25.1 Å². The molecule has 1 unspecified atom stereocenters. The molecular weight excluding hydrogens is 194 g/mol. The average Bonchev–Trinajstić information content (AvgIpc) is 2.27. The molecule has 4 heteroatoms. The van der Waals surface area contributed by atoms with E-state index < -0.39 is 6.10 Å². The van der Waals surface area contributed by atoms with Crippen molar-refractivity contribution in [2.24, 2.45) is 0 Å². The van der Waals surface area contributed by atoms with E-state index >= 15 is 0 Å². The van der Waals surface area contributed by atoms with Crippen molar-refractivity contribution in [1.82, 2.24) is 0 Å². The lowest BCUT2D eigenvalue weighted by molar-refractivity contribution is -0.126. The quantitative estimate of drug-likeness (QED) is 0.731. The van der Waals surface area contributed by atoms with Gasteiger partial charge in [0.2, 0.25) is 0 Å². The number of hydrogen-bond donors (Lipinski definition) is 1. The van der Waals surface area contributed by atoms with Crippen LogP contribution in [0.4, 0.5) is 5.69 Å². The van der Waals surface area contributed by atoms with Crippen LogP contribution in [0.5, 0.6) is 5.75 Å². The van der Waals surface area contributed by atoms with Crippen molar-refractivity contribution in [3.05, 3.63) is 24.3 Å². The van der Waals surface area contributed by atoms with Gasteiger partial charge in [-0.15, -0.1) is 0 Å². The molecule has 0 fully saturated rings. The molecule has 0 aliphatic carbocycles. The van der Waals surface area contributed by atoms with Gasteiger partial charge in [-0.3, -0.25) is 4.79 Å².